The molecule has 0 saturated carbocycles. The fourth-order valence-electron chi connectivity index (χ4n) is 0.357. The van der Waals surface area contributed by atoms with Crippen LogP contribution in [0.3, 0.4) is 0 Å². The van der Waals surface area contributed by atoms with E-state index in [0.717, 1.165) is 0 Å². The zero-order valence-electron chi connectivity index (χ0n) is 6.31. The van der Waals surface area contributed by atoms with Gasteiger partial charge in [0.15, 0.2) is 0 Å². The number of nitrogens with one attached hydrogen (secondary N) is 1. The molecule has 0 bridgehead atoms. The van der Waals surface area contributed by atoms with Crippen LogP contribution in [0.4, 0.5) is 9.18 Å². The average Bonchev–Trinajstić information content (AvgIpc) is 1.60. The second kappa shape index (κ2) is 2.86. The molecule has 0 aromatic carbocycles. The second-order valence-corrected chi connectivity index (χ2v) is 2.74. The van der Waals surface area contributed by atoms with E-state index in [1.165, 1.54) is 20.8 Å². The first-order valence-corrected chi connectivity index (χ1v) is 3.02. The lowest BCUT2D eigenvalue weighted by Gasteiger charge is -2.22. The van der Waals surface area contributed by atoms with Crippen LogP contribution in [0.15, 0.2) is 0 Å². The van der Waals surface area contributed by atoms with Gasteiger partial charge in [-0.3, -0.25) is 0 Å². The fourth-order valence-corrected chi connectivity index (χ4v) is 0.357. The van der Waals surface area contributed by atoms with Crippen LogP contribution in [0.1, 0.15) is 20.8 Å². The summed E-state index contributed by atoms with van der Waals surface area (Å²) < 4.78 is 12.8. The number of rotatable bonds is 2. The van der Waals surface area contributed by atoms with E-state index < -0.39 is 17.8 Å². The number of halogens is 1. The largest absolute Gasteiger partial charge is 0.465 e. The monoisotopic (exact) mass is 149 g/mol. The Morgan fingerprint density at radius 3 is 2.20 bits per heavy atom. The Morgan fingerprint density at radius 1 is 1.70 bits per heavy atom. The lowest BCUT2D eigenvalue weighted by molar-refractivity contribution is 0.141. The Morgan fingerprint density at radius 2 is 2.10 bits per heavy atom. The van der Waals surface area contributed by atoms with Crippen LogP contribution in [-0.4, -0.2) is 22.9 Å². The highest BCUT2D eigenvalue weighted by atomic mass is 19.1. The number of amides is 1. The van der Waals surface area contributed by atoms with Crippen molar-refractivity contribution in [3.8, 4) is 0 Å². The summed E-state index contributed by atoms with van der Waals surface area (Å²) in [6.07, 6.45) is -1.20. The van der Waals surface area contributed by atoms with Crippen molar-refractivity contribution in [3.63, 3.8) is 0 Å². The SMILES string of the molecule is C[C@@H](NC(=O)O)C(C)(C)F. The summed E-state index contributed by atoms with van der Waals surface area (Å²) in [5.74, 6) is 0. The van der Waals surface area contributed by atoms with Crippen LogP contribution in [-0.2, 0) is 0 Å². The van der Waals surface area contributed by atoms with E-state index in [9.17, 15) is 9.18 Å². The third kappa shape index (κ3) is 3.27. The van der Waals surface area contributed by atoms with Gasteiger partial charge in [-0.15, -0.1) is 0 Å². The molecule has 0 unspecified atom stereocenters. The first-order valence-electron chi connectivity index (χ1n) is 3.02. The van der Waals surface area contributed by atoms with Gasteiger partial charge in [0.2, 0.25) is 0 Å². The van der Waals surface area contributed by atoms with Gasteiger partial charge in [0.05, 0.1) is 6.04 Å². The van der Waals surface area contributed by atoms with Crippen LogP contribution < -0.4 is 5.32 Å². The molecule has 3 nitrogen and oxygen atoms in total. The van der Waals surface area contributed by atoms with Gasteiger partial charge in [0, 0.05) is 0 Å². The molecule has 0 rings (SSSR count). The Labute approximate surface area is 59.2 Å². The van der Waals surface area contributed by atoms with Crippen molar-refractivity contribution in [1.82, 2.24) is 5.32 Å². The topological polar surface area (TPSA) is 49.3 Å². The maximum absolute atomic E-state index is 12.8. The van der Waals surface area contributed by atoms with Crippen molar-refractivity contribution in [2.45, 2.75) is 32.5 Å². The van der Waals surface area contributed by atoms with E-state index >= 15 is 0 Å². The molecule has 0 aliphatic rings. The smallest absolute Gasteiger partial charge is 0.404 e. The van der Waals surface area contributed by atoms with Crippen molar-refractivity contribution >= 4 is 6.09 Å². The van der Waals surface area contributed by atoms with Gasteiger partial charge in [-0.2, -0.15) is 0 Å². The van der Waals surface area contributed by atoms with Gasteiger partial charge < -0.3 is 10.4 Å². The third-order valence-electron chi connectivity index (χ3n) is 1.37. The summed E-state index contributed by atoms with van der Waals surface area (Å²) in [6.45, 7) is 4.13. The molecule has 0 heterocycles. The minimum atomic E-state index is -1.50. The van der Waals surface area contributed by atoms with Crippen LogP contribution in [0, 0.1) is 0 Å². The highest BCUT2D eigenvalue weighted by molar-refractivity contribution is 5.64. The normalized spacial score (nSPS) is 14.4. The molecular weight excluding hydrogens is 137 g/mol. The summed E-state index contributed by atoms with van der Waals surface area (Å²) >= 11 is 0. The molecule has 1 atom stereocenters. The van der Waals surface area contributed by atoms with Gasteiger partial charge >= 0.3 is 6.09 Å². The minimum Gasteiger partial charge on any atom is -0.465 e. The maximum Gasteiger partial charge on any atom is 0.404 e. The fraction of sp³-hybridized carbons (Fsp3) is 0.833. The molecule has 1 amide bonds. The molecule has 0 fully saturated rings. The summed E-state index contributed by atoms with van der Waals surface area (Å²) in [6, 6.07) is -0.676. The van der Waals surface area contributed by atoms with E-state index in [4.69, 9.17) is 5.11 Å². The molecular formula is C6H12FNO2. The highest BCUT2D eigenvalue weighted by Gasteiger charge is 2.25. The molecule has 0 aromatic rings. The van der Waals surface area contributed by atoms with Crippen LogP contribution in [0.2, 0.25) is 0 Å². The Hall–Kier alpha value is -0.800. The number of carboxylic acid groups (broad SMARTS) is 1. The minimum absolute atomic E-state index is 0.676. The van der Waals surface area contributed by atoms with Gasteiger partial charge in [0.1, 0.15) is 5.67 Å². The van der Waals surface area contributed by atoms with Crippen molar-refractivity contribution < 1.29 is 14.3 Å². The van der Waals surface area contributed by atoms with Gasteiger partial charge in [-0.25, -0.2) is 9.18 Å². The van der Waals surface area contributed by atoms with Crippen molar-refractivity contribution in [3.05, 3.63) is 0 Å². The lowest BCUT2D eigenvalue weighted by Crippen LogP contribution is -2.43. The summed E-state index contributed by atoms with van der Waals surface area (Å²) in [5.41, 5.74) is -1.50. The molecule has 0 aromatic heterocycles. The van der Waals surface area contributed by atoms with E-state index in [2.05, 4.69) is 0 Å². The molecule has 0 radical (unpaired) electrons. The van der Waals surface area contributed by atoms with E-state index in [0.29, 0.717) is 0 Å². The molecule has 0 aliphatic carbocycles. The molecule has 4 heteroatoms. The zero-order valence-corrected chi connectivity index (χ0v) is 6.31. The van der Waals surface area contributed by atoms with Crippen molar-refractivity contribution in [1.29, 1.82) is 0 Å². The van der Waals surface area contributed by atoms with Crippen LogP contribution in [0.25, 0.3) is 0 Å². The van der Waals surface area contributed by atoms with E-state index in [1.807, 2.05) is 5.32 Å². The number of alkyl halides is 1. The first kappa shape index (κ1) is 9.20. The highest BCUT2D eigenvalue weighted by Crippen LogP contribution is 2.13. The molecule has 0 aliphatic heterocycles. The molecule has 0 spiro atoms. The Kier molecular flexibility index (Phi) is 2.63. The van der Waals surface area contributed by atoms with E-state index in [1.54, 1.807) is 0 Å². The zero-order chi connectivity index (χ0) is 8.36. The van der Waals surface area contributed by atoms with Crippen LogP contribution in [0.5, 0.6) is 0 Å². The maximum atomic E-state index is 12.8. The average molecular weight is 149 g/mol. The van der Waals surface area contributed by atoms with Gasteiger partial charge in [-0.1, -0.05) is 0 Å². The number of hydrogen-bond acceptors (Lipinski definition) is 1. The Bertz CT molecular complexity index is 130. The standard InChI is InChI=1S/C6H12FNO2/c1-4(6(2,3)7)8-5(9)10/h4,8H,1-3H3,(H,9,10)/t4-/m1/s1. The summed E-state index contributed by atoms with van der Waals surface area (Å²) in [7, 11) is 0. The van der Waals surface area contributed by atoms with E-state index in [-0.39, 0.29) is 0 Å². The van der Waals surface area contributed by atoms with Crippen LogP contribution >= 0.6 is 0 Å². The lowest BCUT2D eigenvalue weighted by atomic mass is 10.0. The predicted octanol–water partition coefficient (Wildman–Crippen LogP) is 1.39. The number of carbonyl (C=O) groups is 1. The summed E-state index contributed by atoms with van der Waals surface area (Å²) in [5, 5.41) is 10.2. The Balaban J connectivity index is 3.85. The van der Waals surface area contributed by atoms with Gasteiger partial charge in [-0.05, 0) is 20.8 Å². The van der Waals surface area contributed by atoms with Crippen molar-refractivity contribution in [2.75, 3.05) is 0 Å². The quantitative estimate of drug-likeness (QED) is 0.623. The third-order valence-corrected chi connectivity index (χ3v) is 1.37. The predicted molar refractivity (Wildman–Crippen MR) is 35.8 cm³/mol. The van der Waals surface area contributed by atoms with Gasteiger partial charge in [0.25, 0.3) is 0 Å². The number of hydrogen-bond donors (Lipinski definition) is 2. The molecule has 60 valence electrons. The molecule has 2 N–H and O–H groups in total. The van der Waals surface area contributed by atoms with Crippen molar-refractivity contribution in [2.24, 2.45) is 0 Å². The second-order valence-electron chi connectivity index (χ2n) is 2.74. The summed E-state index contributed by atoms with van der Waals surface area (Å²) in [4.78, 5) is 9.98. The molecule has 10 heavy (non-hydrogen) atoms. The molecule has 0 saturated heterocycles. The first-order chi connectivity index (χ1) is 4.34.